The Morgan fingerprint density at radius 3 is 2.59 bits per heavy atom. The Morgan fingerprint density at radius 2 is 2.06 bits per heavy atom. The van der Waals surface area contributed by atoms with Crippen molar-refractivity contribution in [1.29, 1.82) is 0 Å². The van der Waals surface area contributed by atoms with Crippen LogP contribution in [0.15, 0.2) is 24.3 Å². The summed E-state index contributed by atoms with van der Waals surface area (Å²) in [4.78, 5) is 11.7. The van der Waals surface area contributed by atoms with Crippen molar-refractivity contribution < 1.29 is 9.90 Å². The molecule has 0 bridgehead atoms. The fraction of sp³-hybridized carbons (Fsp3) is 0.462. The molecule has 0 saturated heterocycles. The van der Waals surface area contributed by atoms with E-state index in [0.29, 0.717) is 25.1 Å². The van der Waals surface area contributed by atoms with Crippen molar-refractivity contribution in [3.63, 3.8) is 0 Å². The van der Waals surface area contributed by atoms with Crippen LogP contribution in [-0.4, -0.2) is 23.7 Å². The van der Waals surface area contributed by atoms with Gasteiger partial charge in [0.05, 0.1) is 6.10 Å². The molecule has 0 heterocycles. The first-order chi connectivity index (χ1) is 8.17. The quantitative estimate of drug-likeness (QED) is 0.690. The van der Waals surface area contributed by atoms with Crippen LogP contribution in [0.4, 0.5) is 0 Å². The molecule has 1 rings (SSSR count). The largest absolute Gasteiger partial charge is 0.391 e. The molecule has 1 amide bonds. The van der Waals surface area contributed by atoms with Crippen molar-refractivity contribution in [2.75, 3.05) is 6.54 Å². The number of aliphatic hydroxyl groups excluding tert-OH is 1. The molecule has 0 fully saturated rings. The molecule has 0 aliphatic rings. The van der Waals surface area contributed by atoms with Gasteiger partial charge in [-0.25, -0.2) is 0 Å². The lowest BCUT2D eigenvalue weighted by Gasteiger charge is -2.10. The Labute approximate surface area is 102 Å². The molecule has 4 heteroatoms. The van der Waals surface area contributed by atoms with E-state index in [-0.39, 0.29) is 5.91 Å². The van der Waals surface area contributed by atoms with Crippen molar-refractivity contribution in [3.8, 4) is 0 Å². The number of benzene rings is 1. The Balaban J connectivity index is 2.46. The van der Waals surface area contributed by atoms with E-state index < -0.39 is 6.10 Å². The van der Waals surface area contributed by atoms with Gasteiger partial charge in [0.1, 0.15) is 0 Å². The number of carbonyl (C=O) groups excluding carboxylic acids is 1. The molecule has 0 aliphatic heterocycles. The van der Waals surface area contributed by atoms with Crippen molar-refractivity contribution in [1.82, 2.24) is 5.32 Å². The number of carbonyl (C=O) groups is 1. The maximum Gasteiger partial charge on any atom is 0.251 e. The van der Waals surface area contributed by atoms with Gasteiger partial charge in [0.15, 0.2) is 0 Å². The molecule has 17 heavy (non-hydrogen) atoms. The number of nitrogens with one attached hydrogen (secondary N) is 1. The molecule has 1 unspecified atom stereocenters. The van der Waals surface area contributed by atoms with Crippen LogP contribution in [0.3, 0.4) is 0 Å². The molecule has 0 aliphatic carbocycles. The predicted octanol–water partition coefficient (Wildman–Crippen LogP) is 1.04. The van der Waals surface area contributed by atoms with Crippen LogP contribution in [0.2, 0.25) is 0 Å². The van der Waals surface area contributed by atoms with E-state index in [1.807, 2.05) is 19.1 Å². The van der Waals surface area contributed by atoms with Crippen LogP contribution >= 0.6 is 0 Å². The highest BCUT2D eigenvalue weighted by Crippen LogP contribution is 2.04. The van der Waals surface area contributed by atoms with Gasteiger partial charge >= 0.3 is 0 Å². The van der Waals surface area contributed by atoms with E-state index in [1.165, 1.54) is 0 Å². The number of rotatable bonds is 6. The average molecular weight is 236 g/mol. The molecule has 4 N–H and O–H groups in total. The normalized spacial score (nSPS) is 12.2. The molecule has 1 atom stereocenters. The predicted molar refractivity (Wildman–Crippen MR) is 67.6 cm³/mol. The van der Waals surface area contributed by atoms with Gasteiger partial charge in [0.2, 0.25) is 0 Å². The highest BCUT2D eigenvalue weighted by atomic mass is 16.3. The zero-order valence-corrected chi connectivity index (χ0v) is 10.1. The zero-order chi connectivity index (χ0) is 12.7. The molecule has 1 aromatic carbocycles. The number of nitrogens with two attached hydrogens (primary N) is 1. The molecule has 0 saturated carbocycles. The molecule has 0 aromatic heterocycles. The van der Waals surface area contributed by atoms with Gasteiger partial charge in [-0.2, -0.15) is 0 Å². The summed E-state index contributed by atoms with van der Waals surface area (Å²) in [6, 6.07) is 7.14. The number of amides is 1. The van der Waals surface area contributed by atoms with Crippen LogP contribution in [0, 0.1) is 0 Å². The molecular formula is C13H20N2O2. The standard InChI is InChI=1S/C13H20N2O2/c1-2-3-12(16)9-15-13(17)11-6-4-10(8-14)5-7-11/h4-7,12,16H,2-3,8-9,14H2,1H3,(H,15,17). The van der Waals surface area contributed by atoms with Crippen LogP contribution in [0.1, 0.15) is 35.7 Å². The molecule has 1 aromatic rings. The summed E-state index contributed by atoms with van der Waals surface area (Å²) in [5.41, 5.74) is 7.06. The molecule has 0 radical (unpaired) electrons. The van der Waals surface area contributed by atoms with Crippen molar-refractivity contribution >= 4 is 5.91 Å². The molecule has 94 valence electrons. The minimum atomic E-state index is -0.465. The van der Waals surface area contributed by atoms with Crippen LogP contribution in [0.5, 0.6) is 0 Å². The Hall–Kier alpha value is -1.39. The Morgan fingerprint density at radius 1 is 1.41 bits per heavy atom. The first kappa shape index (κ1) is 13.7. The van der Waals surface area contributed by atoms with Crippen molar-refractivity contribution in [3.05, 3.63) is 35.4 Å². The zero-order valence-electron chi connectivity index (χ0n) is 10.1. The first-order valence-corrected chi connectivity index (χ1v) is 5.92. The van der Waals surface area contributed by atoms with Gasteiger partial charge in [0, 0.05) is 18.7 Å². The SMILES string of the molecule is CCCC(O)CNC(=O)c1ccc(CN)cc1. The highest BCUT2D eigenvalue weighted by molar-refractivity contribution is 5.94. The third kappa shape index (κ3) is 4.54. The molecule has 0 spiro atoms. The number of aliphatic hydroxyl groups is 1. The fourth-order valence-corrected chi connectivity index (χ4v) is 1.54. The van der Waals surface area contributed by atoms with Gasteiger partial charge in [0.25, 0.3) is 5.91 Å². The van der Waals surface area contributed by atoms with Gasteiger partial charge in [-0.1, -0.05) is 25.5 Å². The van der Waals surface area contributed by atoms with E-state index in [4.69, 9.17) is 5.73 Å². The summed E-state index contributed by atoms with van der Waals surface area (Å²) in [7, 11) is 0. The average Bonchev–Trinajstić information content (AvgIpc) is 2.36. The van der Waals surface area contributed by atoms with Gasteiger partial charge < -0.3 is 16.2 Å². The maximum absolute atomic E-state index is 11.7. The van der Waals surface area contributed by atoms with Gasteiger partial charge in [-0.3, -0.25) is 4.79 Å². The summed E-state index contributed by atoms with van der Waals surface area (Å²) >= 11 is 0. The van der Waals surface area contributed by atoms with E-state index >= 15 is 0 Å². The lowest BCUT2D eigenvalue weighted by molar-refractivity contribution is 0.0910. The second-order valence-corrected chi connectivity index (χ2v) is 4.05. The summed E-state index contributed by atoms with van der Waals surface area (Å²) in [6.07, 6.45) is 1.14. The highest BCUT2D eigenvalue weighted by Gasteiger charge is 2.07. The van der Waals surface area contributed by atoms with E-state index in [1.54, 1.807) is 12.1 Å². The number of hydrogen-bond donors (Lipinski definition) is 3. The summed E-state index contributed by atoms with van der Waals surface area (Å²) < 4.78 is 0. The Bertz CT molecular complexity index is 349. The first-order valence-electron chi connectivity index (χ1n) is 5.92. The molecular weight excluding hydrogens is 216 g/mol. The second-order valence-electron chi connectivity index (χ2n) is 4.05. The third-order valence-electron chi connectivity index (χ3n) is 2.57. The van der Waals surface area contributed by atoms with Crippen molar-refractivity contribution in [2.45, 2.75) is 32.4 Å². The maximum atomic E-state index is 11.7. The minimum Gasteiger partial charge on any atom is -0.391 e. The van der Waals surface area contributed by atoms with Crippen LogP contribution < -0.4 is 11.1 Å². The topological polar surface area (TPSA) is 75.3 Å². The van der Waals surface area contributed by atoms with Gasteiger partial charge in [-0.05, 0) is 24.1 Å². The van der Waals surface area contributed by atoms with E-state index in [0.717, 1.165) is 12.0 Å². The lowest BCUT2D eigenvalue weighted by atomic mass is 10.1. The Kier molecular flexibility index (Phi) is 5.66. The van der Waals surface area contributed by atoms with E-state index in [2.05, 4.69) is 5.32 Å². The lowest BCUT2D eigenvalue weighted by Crippen LogP contribution is -2.31. The second kappa shape index (κ2) is 7.04. The summed E-state index contributed by atoms with van der Waals surface area (Å²) in [5.74, 6) is -0.163. The van der Waals surface area contributed by atoms with Gasteiger partial charge in [-0.15, -0.1) is 0 Å². The van der Waals surface area contributed by atoms with Crippen LogP contribution in [0.25, 0.3) is 0 Å². The third-order valence-corrected chi connectivity index (χ3v) is 2.57. The summed E-state index contributed by atoms with van der Waals surface area (Å²) in [6.45, 7) is 2.76. The molecule has 4 nitrogen and oxygen atoms in total. The summed E-state index contributed by atoms with van der Waals surface area (Å²) in [5, 5.41) is 12.2. The minimum absolute atomic E-state index is 0.163. The monoisotopic (exact) mass is 236 g/mol. The van der Waals surface area contributed by atoms with Crippen molar-refractivity contribution in [2.24, 2.45) is 5.73 Å². The fourth-order valence-electron chi connectivity index (χ4n) is 1.54. The van der Waals surface area contributed by atoms with Crippen LogP contribution in [-0.2, 0) is 6.54 Å². The van der Waals surface area contributed by atoms with E-state index in [9.17, 15) is 9.90 Å². The smallest absolute Gasteiger partial charge is 0.251 e. The number of hydrogen-bond acceptors (Lipinski definition) is 3.